The lowest BCUT2D eigenvalue weighted by Gasteiger charge is -1.92. The summed E-state index contributed by atoms with van der Waals surface area (Å²) >= 11 is 1.35. The Morgan fingerprint density at radius 3 is 3.00 bits per heavy atom. The maximum Gasteiger partial charge on any atom is 0.273 e. The van der Waals surface area contributed by atoms with E-state index in [2.05, 4.69) is 4.98 Å². The minimum absolute atomic E-state index is 0.0211. The molecule has 60 valence electrons. The molecule has 1 aromatic rings. The van der Waals surface area contributed by atoms with Crippen LogP contribution in [0.25, 0.3) is 0 Å². The van der Waals surface area contributed by atoms with E-state index < -0.39 is 0 Å². The number of carbonyl (C=O) groups excluding carboxylic acids is 1. The minimum Gasteiger partial charge on any atom is -0.470 e. The number of rotatable bonds is 3. The third-order valence-corrected chi connectivity index (χ3v) is 1.86. The van der Waals surface area contributed by atoms with Crippen molar-refractivity contribution >= 4 is 17.1 Å². The van der Waals surface area contributed by atoms with Crippen LogP contribution in [0.4, 0.5) is 0 Å². The summed E-state index contributed by atoms with van der Waals surface area (Å²) in [5.74, 6) is -0.0211. The standard InChI is InChI=1S/C7H9NO2S/c1-3-10-7-8-6(4-11-7)5(2)9/h4H,3H2,1-2H3. The molecule has 0 saturated carbocycles. The summed E-state index contributed by atoms with van der Waals surface area (Å²) in [5.41, 5.74) is 0.485. The first kappa shape index (κ1) is 8.20. The number of hydrogen-bond donors (Lipinski definition) is 0. The third kappa shape index (κ3) is 2.01. The second-order valence-electron chi connectivity index (χ2n) is 1.99. The first-order valence-electron chi connectivity index (χ1n) is 3.33. The molecule has 0 aliphatic rings. The van der Waals surface area contributed by atoms with Crippen LogP contribution >= 0.6 is 11.3 Å². The molecular formula is C7H9NO2S. The van der Waals surface area contributed by atoms with E-state index >= 15 is 0 Å². The molecule has 0 amide bonds. The van der Waals surface area contributed by atoms with Crippen molar-refractivity contribution in [2.45, 2.75) is 13.8 Å². The summed E-state index contributed by atoms with van der Waals surface area (Å²) < 4.78 is 5.09. The lowest BCUT2D eigenvalue weighted by molar-refractivity contribution is 0.101. The molecule has 1 rings (SSSR count). The molecule has 1 heterocycles. The van der Waals surface area contributed by atoms with Gasteiger partial charge >= 0.3 is 0 Å². The third-order valence-electron chi connectivity index (χ3n) is 1.11. The normalized spacial score (nSPS) is 9.64. The summed E-state index contributed by atoms with van der Waals surface area (Å²) in [7, 11) is 0. The number of hydrogen-bond acceptors (Lipinski definition) is 4. The second kappa shape index (κ2) is 3.48. The highest BCUT2D eigenvalue weighted by atomic mass is 32.1. The number of carbonyl (C=O) groups is 1. The molecule has 0 aliphatic carbocycles. The van der Waals surface area contributed by atoms with Gasteiger partial charge in [0.15, 0.2) is 5.78 Å². The zero-order chi connectivity index (χ0) is 8.27. The van der Waals surface area contributed by atoms with E-state index in [-0.39, 0.29) is 5.78 Å². The van der Waals surface area contributed by atoms with Crippen LogP contribution in [0.1, 0.15) is 24.3 Å². The highest BCUT2D eigenvalue weighted by Gasteiger charge is 2.05. The average Bonchev–Trinajstić information content (AvgIpc) is 2.37. The molecule has 0 bridgehead atoms. The molecule has 0 N–H and O–H groups in total. The van der Waals surface area contributed by atoms with Gasteiger partial charge < -0.3 is 4.74 Å². The van der Waals surface area contributed by atoms with Gasteiger partial charge in [0.1, 0.15) is 5.69 Å². The van der Waals surface area contributed by atoms with Gasteiger partial charge in [-0.3, -0.25) is 4.79 Å². The van der Waals surface area contributed by atoms with Gasteiger partial charge in [0.2, 0.25) is 0 Å². The highest BCUT2D eigenvalue weighted by Crippen LogP contribution is 2.17. The zero-order valence-corrected chi connectivity index (χ0v) is 7.27. The van der Waals surface area contributed by atoms with Crippen molar-refractivity contribution in [3.63, 3.8) is 0 Å². The number of ketones is 1. The van der Waals surface area contributed by atoms with Crippen LogP contribution in [0.5, 0.6) is 5.19 Å². The van der Waals surface area contributed by atoms with Crippen molar-refractivity contribution in [2.75, 3.05) is 6.61 Å². The topological polar surface area (TPSA) is 39.2 Å². The van der Waals surface area contributed by atoms with Crippen LogP contribution in [0.2, 0.25) is 0 Å². The van der Waals surface area contributed by atoms with Crippen LogP contribution in [0.15, 0.2) is 5.38 Å². The molecule has 0 unspecified atom stereocenters. The van der Waals surface area contributed by atoms with Gasteiger partial charge in [0.25, 0.3) is 5.19 Å². The van der Waals surface area contributed by atoms with Crippen molar-refractivity contribution < 1.29 is 9.53 Å². The van der Waals surface area contributed by atoms with Crippen molar-refractivity contribution in [1.29, 1.82) is 0 Å². The quantitative estimate of drug-likeness (QED) is 0.650. The molecule has 0 radical (unpaired) electrons. The Bertz CT molecular complexity index is 257. The molecule has 0 spiro atoms. The fourth-order valence-electron chi connectivity index (χ4n) is 0.609. The summed E-state index contributed by atoms with van der Waals surface area (Å²) in [6.45, 7) is 3.96. The predicted octanol–water partition coefficient (Wildman–Crippen LogP) is 1.74. The van der Waals surface area contributed by atoms with Gasteiger partial charge in [-0.25, -0.2) is 0 Å². The molecule has 0 aliphatic heterocycles. The van der Waals surface area contributed by atoms with Crippen molar-refractivity contribution in [3.05, 3.63) is 11.1 Å². The number of nitrogens with zero attached hydrogens (tertiary/aromatic N) is 1. The molecular weight excluding hydrogens is 162 g/mol. The van der Waals surface area contributed by atoms with E-state index in [0.29, 0.717) is 17.5 Å². The van der Waals surface area contributed by atoms with Crippen LogP contribution in [0, 0.1) is 0 Å². The van der Waals surface area contributed by atoms with Gasteiger partial charge in [-0.15, -0.1) is 0 Å². The first-order chi connectivity index (χ1) is 5.24. The number of thiazole rings is 1. The summed E-state index contributed by atoms with van der Waals surface area (Å²) in [6, 6.07) is 0. The van der Waals surface area contributed by atoms with E-state index in [0.717, 1.165) is 0 Å². The Balaban J connectivity index is 2.73. The first-order valence-corrected chi connectivity index (χ1v) is 4.21. The van der Waals surface area contributed by atoms with Gasteiger partial charge in [-0.1, -0.05) is 11.3 Å². The maximum absolute atomic E-state index is 10.8. The molecule has 0 aromatic carbocycles. The lowest BCUT2D eigenvalue weighted by atomic mass is 10.4. The fourth-order valence-corrected chi connectivity index (χ4v) is 1.38. The van der Waals surface area contributed by atoms with E-state index in [4.69, 9.17) is 4.74 Å². The van der Waals surface area contributed by atoms with Crippen LogP contribution in [-0.4, -0.2) is 17.4 Å². The van der Waals surface area contributed by atoms with Gasteiger partial charge in [-0.2, -0.15) is 4.98 Å². The molecule has 4 heteroatoms. The van der Waals surface area contributed by atoms with Crippen molar-refractivity contribution in [1.82, 2.24) is 4.98 Å². The number of ether oxygens (including phenoxy) is 1. The molecule has 0 saturated heterocycles. The van der Waals surface area contributed by atoms with Crippen LogP contribution in [-0.2, 0) is 0 Å². The molecule has 3 nitrogen and oxygen atoms in total. The highest BCUT2D eigenvalue weighted by molar-refractivity contribution is 7.11. The van der Waals surface area contributed by atoms with E-state index in [9.17, 15) is 4.79 Å². The summed E-state index contributed by atoms with van der Waals surface area (Å²) in [6.07, 6.45) is 0. The van der Waals surface area contributed by atoms with Gasteiger partial charge in [-0.05, 0) is 6.92 Å². The van der Waals surface area contributed by atoms with Crippen molar-refractivity contribution in [3.8, 4) is 5.19 Å². The molecule has 11 heavy (non-hydrogen) atoms. The Morgan fingerprint density at radius 1 is 1.82 bits per heavy atom. The molecule has 0 atom stereocenters. The second-order valence-corrected chi connectivity index (χ2v) is 2.81. The number of aromatic nitrogens is 1. The Hall–Kier alpha value is -0.900. The van der Waals surface area contributed by atoms with E-state index in [1.54, 1.807) is 5.38 Å². The summed E-state index contributed by atoms with van der Waals surface area (Å²) in [4.78, 5) is 14.7. The Morgan fingerprint density at radius 2 is 2.55 bits per heavy atom. The fraction of sp³-hybridized carbons (Fsp3) is 0.429. The monoisotopic (exact) mass is 171 g/mol. The zero-order valence-electron chi connectivity index (χ0n) is 6.46. The van der Waals surface area contributed by atoms with Gasteiger partial charge in [0.05, 0.1) is 6.61 Å². The largest absolute Gasteiger partial charge is 0.470 e. The van der Waals surface area contributed by atoms with Crippen LogP contribution < -0.4 is 4.74 Å². The van der Waals surface area contributed by atoms with Crippen LogP contribution in [0.3, 0.4) is 0 Å². The van der Waals surface area contributed by atoms with E-state index in [1.807, 2.05) is 6.92 Å². The van der Waals surface area contributed by atoms with Gasteiger partial charge in [0, 0.05) is 12.3 Å². The predicted molar refractivity (Wildman–Crippen MR) is 43.3 cm³/mol. The van der Waals surface area contributed by atoms with Crippen molar-refractivity contribution in [2.24, 2.45) is 0 Å². The lowest BCUT2D eigenvalue weighted by Crippen LogP contribution is -1.94. The minimum atomic E-state index is -0.0211. The smallest absolute Gasteiger partial charge is 0.273 e. The SMILES string of the molecule is CCOc1nc(C(C)=O)cs1. The Kier molecular flexibility index (Phi) is 2.59. The average molecular weight is 171 g/mol. The number of Topliss-reactive ketones (excluding diaryl/α,β-unsaturated/α-hetero) is 1. The Labute approximate surface area is 69.0 Å². The van der Waals surface area contributed by atoms with E-state index in [1.165, 1.54) is 18.3 Å². The summed E-state index contributed by atoms with van der Waals surface area (Å²) in [5, 5.41) is 2.27. The molecule has 0 fully saturated rings. The maximum atomic E-state index is 10.8. The molecule has 1 aromatic heterocycles.